The van der Waals surface area contributed by atoms with E-state index in [4.69, 9.17) is 16.3 Å². The molecule has 29 heavy (non-hydrogen) atoms. The first-order valence-corrected chi connectivity index (χ1v) is 9.66. The maximum Gasteiger partial charge on any atom is 0.307 e. The summed E-state index contributed by atoms with van der Waals surface area (Å²) in [6.07, 6.45) is 2.03. The van der Waals surface area contributed by atoms with Gasteiger partial charge in [-0.25, -0.2) is 0 Å². The Morgan fingerprint density at radius 1 is 0.966 bits per heavy atom. The Labute approximate surface area is 174 Å². The number of ether oxygens (including phenoxy) is 1. The van der Waals surface area contributed by atoms with Gasteiger partial charge < -0.3 is 9.84 Å². The van der Waals surface area contributed by atoms with E-state index in [2.05, 4.69) is 6.08 Å². The second kappa shape index (κ2) is 7.98. The Morgan fingerprint density at radius 3 is 2.48 bits per heavy atom. The van der Waals surface area contributed by atoms with Crippen LogP contribution >= 0.6 is 11.6 Å². The fraction of sp³-hybridized carbons (Fsp3) is 0.0800. The number of hydrogen-bond donors (Lipinski definition) is 1. The summed E-state index contributed by atoms with van der Waals surface area (Å²) in [4.78, 5) is 11.4. The van der Waals surface area contributed by atoms with Gasteiger partial charge in [0.25, 0.3) is 0 Å². The Morgan fingerprint density at radius 2 is 1.72 bits per heavy atom. The molecular weight excluding hydrogens is 384 g/mol. The van der Waals surface area contributed by atoms with Crippen LogP contribution < -0.4 is 4.74 Å². The molecule has 1 N–H and O–H groups in total. The Hall–Kier alpha value is -3.30. The molecule has 1 aliphatic carbocycles. The smallest absolute Gasteiger partial charge is 0.307 e. The van der Waals surface area contributed by atoms with Gasteiger partial charge in [0.05, 0.1) is 6.42 Å². The summed E-state index contributed by atoms with van der Waals surface area (Å²) in [5.74, 6) is 0.662. The molecule has 0 spiro atoms. The number of carboxylic acids is 1. The average Bonchev–Trinajstić information content (AvgIpc) is 2.94. The fourth-order valence-electron chi connectivity index (χ4n) is 3.59. The number of aliphatic carboxylic acids is 1. The third-order valence-corrected chi connectivity index (χ3v) is 5.16. The molecule has 1 aliphatic rings. The van der Waals surface area contributed by atoms with Crippen LogP contribution in [0.4, 0.5) is 0 Å². The molecule has 0 unspecified atom stereocenters. The molecule has 0 aliphatic heterocycles. The van der Waals surface area contributed by atoms with Crippen LogP contribution in [0, 0.1) is 0 Å². The van der Waals surface area contributed by atoms with Gasteiger partial charge in [0, 0.05) is 5.02 Å². The molecule has 0 aromatic heterocycles. The van der Waals surface area contributed by atoms with Crippen molar-refractivity contribution in [3.63, 3.8) is 0 Å². The lowest BCUT2D eigenvalue weighted by Crippen LogP contribution is -1.96. The number of allylic oxidation sites excluding steroid dienone is 2. The number of carboxylic acid groups (broad SMARTS) is 1. The van der Waals surface area contributed by atoms with Gasteiger partial charge in [-0.2, -0.15) is 0 Å². The highest BCUT2D eigenvalue weighted by Crippen LogP contribution is 2.44. The molecule has 3 nitrogen and oxygen atoms in total. The molecule has 4 rings (SSSR count). The molecule has 0 saturated heterocycles. The SMILES string of the molecule is CC1=C(CC(=O)O)c2cc(Cl)ccc2/C1=C\c1cccc(Oc2ccccc2)c1. The first-order valence-electron chi connectivity index (χ1n) is 9.28. The van der Waals surface area contributed by atoms with E-state index in [0.29, 0.717) is 5.02 Å². The third-order valence-electron chi connectivity index (χ3n) is 4.93. The molecular formula is C25H19ClO3. The number of benzene rings is 3. The molecule has 0 heterocycles. The summed E-state index contributed by atoms with van der Waals surface area (Å²) in [5, 5.41) is 9.93. The van der Waals surface area contributed by atoms with Gasteiger partial charge in [-0.3, -0.25) is 4.79 Å². The molecule has 0 atom stereocenters. The molecule has 3 aromatic rings. The van der Waals surface area contributed by atoms with E-state index < -0.39 is 5.97 Å². The van der Waals surface area contributed by atoms with Crippen LogP contribution in [0.15, 0.2) is 78.4 Å². The summed E-state index contributed by atoms with van der Waals surface area (Å²) >= 11 is 6.17. The average molecular weight is 403 g/mol. The zero-order valence-corrected chi connectivity index (χ0v) is 16.6. The van der Waals surface area contributed by atoms with Gasteiger partial charge in [-0.15, -0.1) is 0 Å². The minimum atomic E-state index is -0.857. The highest BCUT2D eigenvalue weighted by atomic mass is 35.5. The van der Waals surface area contributed by atoms with Gasteiger partial charge in [-0.05, 0) is 82.8 Å². The zero-order valence-electron chi connectivity index (χ0n) is 15.9. The Kier molecular flexibility index (Phi) is 5.24. The van der Waals surface area contributed by atoms with Crippen LogP contribution in [0.5, 0.6) is 11.5 Å². The van der Waals surface area contributed by atoms with Gasteiger partial charge in [-0.1, -0.05) is 48.0 Å². The number of fused-ring (bicyclic) bond motifs is 1. The lowest BCUT2D eigenvalue weighted by Gasteiger charge is -2.08. The first kappa shape index (κ1) is 19.0. The van der Waals surface area contributed by atoms with E-state index >= 15 is 0 Å². The molecule has 4 heteroatoms. The minimum Gasteiger partial charge on any atom is -0.481 e. The van der Waals surface area contributed by atoms with E-state index in [9.17, 15) is 9.90 Å². The predicted octanol–water partition coefficient (Wildman–Crippen LogP) is 6.93. The van der Waals surface area contributed by atoms with Crippen LogP contribution in [0.1, 0.15) is 30.0 Å². The lowest BCUT2D eigenvalue weighted by molar-refractivity contribution is -0.135. The molecule has 0 amide bonds. The van der Waals surface area contributed by atoms with Crippen molar-refractivity contribution in [3.05, 3.63) is 100 Å². The molecule has 3 aromatic carbocycles. The summed E-state index contributed by atoms with van der Waals surface area (Å²) in [6.45, 7) is 1.96. The summed E-state index contributed by atoms with van der Waals surface area (Å²) in [6, 6.07) is 23.1. The van der Waals surface area contributed by atoms with E-state index in [-0.39, 0.29) is 6.42 Å². The van der Waals surface area contributed by atoms with Gasteiger partial charge in [0.2, 0.25) is 0 Å². The zero-order chi connectivity index (χ0) is 20.4. The van der Waals surface area contributed by atoms with Crippen molar-refractivity contribution in [3.8, 4) is 11.5 Å². The summed E-state index contributed by atoms with van der Waals surface area (Å²) in [5.41, 5.74) is 5.63. The van der Waals surface area contributed by atoms with Crippen molar-refractivity contribution < 1.29 is 14.6 Å². The second-order valence-electron chi connectivity index (χ2n) is 6.91. The van der Waals surface area contributed by atoms with Crippen LogP contribution in [0.25, 0.3) is 17.2 Å². The first-order chi connectivity index (χ1) is 14.0. The van der Waals surface area contributed by atoms with E-state index in [1.165, 1.54) is 0 Å². The minimum absolute atomic E-state index is 0.0341. The van der Waals surface area contributed by atoms with Crippen LogP contribution in [-0.2, 0) is 4.79 Å². The third kappa shape index (κ3) is 4.10. The number of carbonyl (C=O) groups is 1. The summed E-state index contributed by atoms with van der Waals surface area (Å²) < 4.78 is 5.93. The fourth-order valence-corrected chi connectivity index (χ4v) is 3.76. The van der Waals surface area contributed by atoms with Gasteiger partial charge in [0.15, 0.2) is 0 Å². The van der Waals surface area contributed by atoms with Gasteiger partial charge >= 0.3 is 5.97 Å². The molecule has 144 valence electrons. The van der Waals surface area contributed by atoms with Crippen LogP contribution in [0.2, 0.25) is 5.02 Å². The Bertz CT molecular complexity index is 1140. The van der Waals surface area contributed by atoms with Crippen molar-refractivity contribution >= 4 is 34.8 Å². The monoisotopic (exact) mass is 402 g/mol. The Balaban J connectivity index is 1.73. The van der Waals surface area contributed by atoms with Crippen LogP contribution in [-0.4, -0.2) is 11.1 Å². The van der Waals surface area contributed by atoms with Crippen molar-refractivity contribution in [2.24, 2.45) is 0 Å². The van der Waals surface area contributed by atoms with Crippen molar-refractivity contribution in [2.45, 2.75) is 13.3 Å². The maximum absolute atomic E-state index is 11.4. The quantitative estimate of drug-likeness (QED) is 0.503. The normalized spacial score (nSPS) is 14.2. The van der Waals surface area contributed by atoms with Crippen molar-refractivity contribution in [2.75, 3.05) is 0 Å². The number of rotatable bonds is 5. The van der Waals surface area contributed by atoms with E-state index in [1.807, 2.05) is 79.7 Å². The van der Waals surface area contributed by atoms with Crippen molar-refractivity contribution in [1.29, 1.82) is 0 Å². The van der Waals surface area contributed by atoms with Gasteiger partial charge in [0.1, 0.15) is 11.5 Å². The van der Waals surface area contributed by atoms with Crippen molar-refractivity contribution in [1.82, 2.24) is 0 Å². The van der Waals surface area contributed by atoms with Crippen LogP contribution in [0.3, 0.4) is 0 Å². The number of halogens is 1. The highest BCUT2D eigenvalue weighted by molar-refractivity contribution is 6.31. The highest BCUT2D eigenvalue weighted by Gasteiger charge is 2.25. The second-order valence-corrected chi connectivity index (χ2v) is 7.35. The predicted molar refractivity (Wildman–Crippen MR) is 117 cm³/mol. The largest absolute Gasteiger partial charge is 0.481 e. The molecule has 0 radical (unpaired) electrons. The summed E-state index contributed by atoms with van der Waals surface area (Å²) in [7, 11) is 0. The maximum atomic E-state index is 11.4. The number of hydrogen-bond acceptors (Lipinski definition) is 2. The molecule has 0 fully saturated rings. The lowest BCUT2D eigenvalue weighted by atomic mass is 10.0. The topological polar surface area (TPSA) is 46.5 Å². The number of para-hydroxylation sites is 1. The molecule has 0 saturated carbocycles. The van der Waals surface area contributed by atoms with E-state index in [0.717, 1.165) is 44.9 Å². The van der Waals surface area contributed by atoms with E-state index in [1.54, 1.807) is 0 Å². The molecule has 0 bridgehead atoms. The standard InChI is InChI=1S/C25H19ClO3/c1-16-22(21-11-10-18(26)14-24(21)23(16)15-25(27)28)13-17-6-5-9-20(12-17)29-19-7-3-2-4-8-19/h2-14H,15H2,1H3,(H,27,28)/b22-13-.